The molecule has 1 amide bonds. The van der Waals surface area contributed by atoms with Crippen LogP contribution in [-0.2, 0) is 4.79 Å². The third-order valence-corrected chi connectivity index (χ3v) is 4.20. The number of hydrogen-bond donors (Lipinski definition) is 1. The number of benzene rings is 1. The summed E-state index contributed by atoms with van der Waals surface area (Å²) in [4.78, 5) is 14.3. The number of amides is 1. The highest BCUT2D eigenvalue weighted by Gasteiger charge is 2.49. The van der Waals surface area contributed by atoms with E-state index >= 15 is 0 Å². The van der Waals surface area contributed by atoms with E-state index in [-0.39, 0.29) is 17.6 Å². The first-order valence-corrected chi connectivity index (χ1v) is 6.33. The molecule has 2 fully saturated rings. The lowest BCUT2D eigenvalue weighted by molar-refractivity contribution is -0.130. The van der Waals surface area contributed by atoms with Gasteiger partial charge in [0.15, 0.2) is 0 Å². The zero-order chi connectivity index (χ0) is 11.9. The van der Waals surface area contributed by atoms with Gasteiger partial charge in [-0.1, -0.05) is 30.3 Å². The average molecular weight is 230 g/mol. The predicted molar refractivity (Wildman–Crippen MR) is 66.3 cm³/mol. The topological polar surface area (TPSA) is 32.3 Å². The Labute approximate surface area is 102 Å². The van der Waals surface area contributed by atoms with Crippen molar-refractivity contribution < 1.29 is 4.79 Å². The van der Waals surface area contributed by atoms with Gasteiger partial charge in [-0.05, 0) is 31.2 Å². The highest BCUT2D eigenvalue weighted by atomic mass is 16.2. The Kier molecular flexibility index (Phi) is 2.44. The summed E-state index contributed by atoms with van der Waals surface area (Å²) in [7, 11) is 1.93. The van der Waals surface area contributed by atoms with E-state index in [0.717, 1.165) is 18.4 Å². The first-order chi connectivity index (χ1) is 8.23. The zero-order valence-corrected chi connectivity index (χ0v) is 10.1. The maximum atomic E-state index is 12.3. The minimum atomic E-state index is -0.153. The fourth-order valence-corrected chi connectivity index (χ4v) is 3.14. The largest absolute Gasteiger partial charge is 0.326 e. The number of carbonyl (C=O) groups is 1. The van der Waals surface area contributed by atoms with Gasteiger partial charge in [-0.3, -0.25) is 10.1 Å². The van der Waals surface area contributed by atoms with Gasteiger partial charge in [0, 0.05) is 7.05 Å². The van der Waals surface area contributed by atoms with Gasteiger partial charge in [-0.15, -0.1) is 0 Å². The maximum absolute atomic E-state index is 12.3. The van der Waals surface area contributed by atoms with Crippen LogP contribution in [0.4, 0.5) is 0 Å². The second kappa shape index (κ2) is 3.84. The van der Waals surface area contributed by atoms with Gasteiger partial charge in [-0.2, -0.15) is 0 Å². The fraction of sp³-hybridized carbons (Fsp3) is 0.500. The molecule has 90 valence electrons. The van der Waals surface area contributed by atoms with Gasteiger partial charge in [0.25, 0.3) is 0 Å². The molecule has 1 aromatic rings. The van der Waals surface area contributed by atoms with Crippen molar-refractivity contribution in [3.05, 3.63) is 35.9 Å². The van der Waals surface area contributed by atoms with Crippen molar-refractivity contribution in [1.82, 2.24) is 10.2 Å². The number of carbonyl (C=O) groups excluding carboxylic acids is 1. The van der Waals surface area contributed by atoms with E-state index in [1.54, 1.807) is 0 Å². The van der Waals surface area contributed by atoms with Crippen molar-refractivity contribution in [2.75, 3.05) is 7.05 Å². The van der Waals surface area contributed by atoms with Crippen molar-refractivity contribution in [2.45, 2.75) is 37.4 Å². The molecule has 1 spiro atoms. The summed E-state index contributed by atoms with van der Waals surface area (Å²) in [5.74, 6) is 0.207. The number of likely N-dealkylation sites (N-methyl/N-ethyl adjacent to an activating group) is 1. The molecule has 1 aliphatic heterocycles. The van der Waals surface area contributed by atoms with E-state index in [9.17, 15) is 4.79 Å². The molecule has 0 bridgehead atoms. The standard InChI is InChI=1S/C14H18N2O/c1-16-13(17)12(11-7-3-2-4-8-11)15-14(16)9-5-6-10-14/h2-4,7-8,12,15H,5-6,9-10H2,1H3/t12-/m0/s1. The second-order valence-corrected chi connectivity index (χ2v) is 5.12. The monoisotopic (exact) mass is 230 g/mol. The highest BCUT2D eigenvalue weighted by molar-refractivity contribution is 5.86. The van der Waals surface area contributed by atoms with Crippen molar-refractivity contribution in [1.29, 1.82) is 0 Å². The van der Waals surface area contributed by atoms with Crippen LogP contribution in [0.15, 0.2) is 30.3 Å². The minimum Gasteiger partial charge on any atom is -0.326 e. The summed E-state index contributed by atoms with van der Waals surface area (Å²) in [6.07, 6.45) is 4.59. The Hall–Kier alpha value is -1.35. The van der Waals surface area contributed by atoms with Crippen LogP contribution in [0.25, 0.3) is 0 Å². The summed E-state index contributed by atoms with van der Waals surface area (Å²) in [5, 5.41) is 3.56. The van der Waals surface area contributed by atoms with Crippen molar-refractivity contribution in [3.8, 4) is 0 Å². The van der Waals surface area contributed by atoms with E-state index < -0.39 is 0 Å². The lowest BCUT2D eigenvalue weighted by Gasteiger charge is -2.31. The summed E-state index contributed by atoms with van der Waals surface area (Å²) in [6.45, 7) is 0. The Morgan fingerprint density at radius 1 is 1.24 bits per heavy atom. The first-order valence-electron chi connectivity index (χ1n) is 6.33. The molecule has 3 heteroatoms. The molecule has 1 heterocycles. The molecular formula is C14H18N2O. The summed E-state index contributed by atoms with van der Waals surface area (Å²) in [6, 6.07) is 9.86. The lowest BCUT2D eigenvalue weighted by Crippen LogP contribution is -2.47. The molecule has 1 saturated heterocycles. The maximum Gasteiger partial charge on any atom is 0.245 e. The summed E-state index contributed by atoms with van der Waals surface area (Å²) in [5.41, 5.74) is 1.01. The third kappa shape index (κ3) is 1.57. The molecule has 1 aromatic carbocycles. The van der Waals surface area contributed by atoms with Crippen LogP contribution in [0.5, 0.6) is 0 Å². The molecule has 0 aromatic heterocycles. The van der Waals surface area contributed by atoms with E-state index in [4.69, 9.17) is 0 Å². The minimum absolute atomic E-state index is 0.0718. The molecule has 0 unspecified atom stereocenters. The van der Waals surface area contributed by atoms with E-state index in [1.807, 2.05) is 42.3 Å². The number of nitrogens with zero attached hydrogens (tertiary/aromatic N) is 1. The van der Waals surface area contributed by atoms with Crippen LogP contribution < -0.4 is 5.32 Å². The van der Waals surface area contributed by atoms with Gasteiger partial charge in [0.05, 0.1) is 5.66 Å². The normalized spacial score (nSPS) is 27.0. The van der Waals surface area contributed by atoms with Crippen LogP contribution in [0.3, 0.4) is 0 Å². The van der Waals surface area contributed by atoms with E-state index in [1.165, 1.54) is 12.8 Å². The first kappa shape index (κ1) is 10.8. The van der Waals surface area contributed by atoms with Gasteiger partial charge >= 0.3 is 0 Å². The third-order valence-electron chi connectivity index (χ3n) is 4.20. The molecule has 0 radical (unpaired) electrons. The molecule has 2 aliphatic rings. The van der Waals surface area contributed by atoms with Gasteiger partial charge in [0.1, 0.15) is 6.04 Å². The van der Waals surface area contributed by atoms with Crippen LogP contribution in [0, 0.1) is 0 Å². The molecule has 1 saturated carbocycles. The Bertz CT molecular complexity index is 423. The molecular weight excluding hydrogens is 212 g/mol. The van der Waals surface area contributed by atoms with Crippen LogP contribution >= 0.6 is 0 Å². The summed E-state index contributed by atoms with van der Waals surface area (Å²) >= 11 is 0. The van der Waals surface area contributed by atoms with Crippen molar-refractivity contribution in [3.63, 3.8) is 0 Å². The highest BCUT2D eigenvalue weighted by Crippen LogP contribution is 2.40. The van der Waals surface area contributed by atoms with Crippen molar-refractivity contribution >= 4 is 5.91 Å². The van der Waals surface area contributed by atoms with Crippen LogP contribution in [0.2, 0.25) is 0 Å². The zero-order valence-electron chi connectivity index (χ0n) is 10.1. The molecule has 1 atom stereocenters. The molecule has 17 heavy (non-hydrogen) atoms. The number of rotatable bonds is 1. The van der Waals surface area contributed by atoms with Crippen LogP contribution in [0.1, 0.15) is 37.3 Å². The Morgan fingerprint density at radius 3 is 2.53 bits per heavy atom. The quantitative estimate of drug-likeness (QED) is 0.801. The number of nitrogens with one attached hydrogen (secondary N) is 1. The number of hydrogen-bond acceptors (Lipinski definition) is 2. The molecule has 1 N–H and O–H groups in total. The molecule has 3 nitrogen and oxygen atoms in total. The Morgan fingerprint density at radius 2 is 1.88 bits per heavy atom. The smallest absolute Gasteiger partial charge is 0.245 e. The van der Waals surface area contributed by atoms with Crippen molar-refractivity contribution in [2.24, 2.45) is 0 Å². The molecule has 3 rings (SSSR count). The SMILES string of the molecule is CN1C(=O)[C@H](c2ccccc2)NC12CCCC2. The van der Waals surface area contributed by atoms with Gasteiger partial charge < -0.3 is 4.90 Å². The van der Waals surface area contributed by atoms with Crippen LogP contribution in [-0.4, -0.2) is 23.5 Å². The Balaban J connectivity index is 1.92. The lowest BCUT2D eigenvalue weighted by atomic mass is 10.1. The molecule has 1 aliphatic carbocycles. The van der Waals surface area contributed by atoms with Gasteiger partial charge in [0.2, 0.25) is 5.91 Å². The van der Waals surface area contributed by atoms with Gasteiger partial charge in [-0.25, -0.2) is 0 Å². The predicted octanol–water partition coefficient (Wildman–Crippen LogP) is 2.06. The summed E-state index contributed by atoms with van der Waals surface area (Å²) < 4.78 is 0. The van der Waals surface area contributed by atoms with E-state index in [0.29, 0.717) is 0 Å². The van der Waals surface area contributed by atoms with E-state index in [2.05, 4.69) is 5.32 Å². The second-order valence-electron chi connectivity index (χ2n) is 5.12. The fourth-order valence-electron chi connectivity index (χ4n) is 3.14. The average Bonchev–Trinajstić information content (AvgIpc) is 2.93.